The minimum Gasteiger partial charge on any atom is -0.477 e. The first-order valence-corrected chi connectivity index (χ1v) is 5.04. The lowest BCUT2D eigenvalue weighted by molar-refractivity contribution is 0.0702. The standard InChI is InChI=1S/C10H5F2NO2S/c11-5-2-1-3-6(12)8(5)9-13-4-7(16-9)10(14)15/h1-4H,(H,14,15). The Kier molecular flexibility index (Phi) is 2.66. The third-order valence-corrected chi connectivity index (χ3v) is 2.90. The maximum Gasteiger partial charge on any atom is 0.347 e. The molecule has 6 heteroatoms. The average Bonchev–Trinajstić information content (AvgIpc) is 2.66. The van der Waals surface area contributed by atoms with Crippen LogP contribution in [0.2, 0.25) is 0 Å². The lowest BCUT2D eigenvalue weighted by Gasteiger charge is -1.99. The molecule has 16 heavy (non-hydrogen) atoms. The molecule has 0 aliphatic carbocycles. The Balaban J connectivity index is 2.54. The number of thiazole rings is 1. The fraction of sp³-hybridized carbons (Fsp3) is 0. The first-order valence-electron chi connectivity index (χ1n) is 4.23. The number of aromatic nitrogens is 1. The van der Waals surface area contributed by atoms with Crippen LogP contribution in [0.15, 0.2) is 24.4 Å². The lowest BCUT2D eigenvalue weighted by atomic mass is 10.2. The number of carboxylic acids is 1. The molecule has 1 aromatic carbocycles. The van der Waals surface area contributed by atoms with Gasteiger partial charge in [0.25, 0.3) is 0 Å². The van der Waals surface area contributed by atoms with Crippen molar-refractivity contribution < 1.29 is 18.7 Å². The van der Waals surface area contributed by atoms with Gasteiger partial charge in [-0.3, -0.25) is 0 Å². The molecule has 0 spiro atoms. The molecule has 3 nitrogen and oxygen atoms in total. The van der Waals surface area contributed by atoms with Crippen LogP contribution in [0, 0.1) is 11.6 Å². The van der Waals surface area contributed by atoms with Crippen molar-refractivity contribution >= 4 is 17.3 Å². The van der Waals surface area contributed by atoms with E-state index in [9.17, 15) is 13.6 Å². The highest BCUT2D eigenvalue weighted by atomic mass is 32.1. The second kappa shape index (κ2) is 3.97. The van der Waals surface area contributed by atoms with Gasteiger partial charge in [0.15, 0.2) is 0 Å². The van der Waals surface area contributed by atoms with E-state index in [1.807, 2.05) is 0 Å². The number of halogens is 2. The number of carboxylic acid groups (broad SMARTS) is 1. The maximum atomic E-state index is 13.3. The van der Waals surface area contributed by atoms with Gasteiger partial charge in [0, 0.05) is 0 Å². The van der Waals surface area contributed by atoms with Crippen molar-refractivity contribution in [1.29, 1.82) is 0 Å². The molecule has 82 valence electrons. The summed E-state index contributed by atoms with van der Waals surface area (Å²) in [7, 11) is 0. The largest absolute Gasteiger partial charge is 0.477 e. The predicted molar refractivity (Wildman–Crippen MR) is 54.4 cm³/mol. The van der Waals surface area contributed by atoms with E-state index < -0.39 is 17.6 Å². The van der Waals surface area contributed by atoms with Gasteiger partial charge in [0.2, 0.25) is 0 Å². The summed E-state index contributed by atoms with van der Waals surface area (Å²) in [5.41, 5.74) is -0.292. The number of nitrogens with zero attached hydrogens (tertiary/aromatic N) is 1. The highest BCUT2D eigenvalue weighted by Crippen LogP contribution is 2.29. The van der Waals surface area contributed by atoms with Crippen LogP contribution in [0.4, 0.5) is 8.78 Å². The molecule has 0 amide bonds. The summed E-state index contributed by atoms with van der Waals surface area (Å²) in [6.07, 6.45) is 1.08. The van der Waals surface area contributed by atoms with E-state index in [0.29, 0.717) is 0 Å². The monoisotopic (exact) mass is 241 g/mol. The predicted octanol–water partition coefficient (Wildman–Crippen LogP) is 2.79. The van der Waals surface area contributed by atoms with Gasteiger partial charge >= 0.3 is 5.97 Å². The number of hydrogen-bond acceptors (Lipinski definition) is 3. The zero-order valence-corrected chi connectivity index (χ0v) is 8.59. The van der Waals surface area contributed by atoms with Crippen molar-refractivity contribution in [3.63, 3.8) is 0 Å². The van der Waals surface area contributed by atoms with Crippen molar-refractivity contribution in [2.45, 2.75) is 0 Å². The SMILES string of the molecule is O=C(O)c1cnc(-c2c(F)cccc2F)s1. The highest BCUT2D eigenvalue weighted by molar-refractivity contribution is 7.16. The fourth-order valence-electron chi connectivity index (χ4n) is 1.19. The molecule has 0 saturated carbocycles. The van der Waals surface area contributed by atoms with Crippen molar-refractivity contribution in [3.05, 3.63) is 40.9 Å². The molecule has 0 radical (unpaired) electrons. The first kappa shape index (κ1) is 10.7. The highest BCUT2D eigenvalue weighted by Gasteiger charge is 2.16. The Morgan fingerprint density at radius 3 is 2.44 bits per heavy atom. The van der Waals surface area contributed by atoms with Crippen molar-refractivity contribution in [2.24, 2.45) is 0 Å². The van der Waals surface area contributed by atoms with Crippen molar-refractivity contribution in [2.75, 3.05) is 0 Å². The molecular weight excluding hydrogens is 236 g/mol. The first-order chi connectivity index (χ1) is 7.59. The number of hydrogen-bond donors (Lipinski definition) is 1. The average molecular weight is 241 g/mol. The van der Waals surface area contributed by atoms with Gasteiger partial charge in [-0.05, 0) is 12.1 Å². The number of carbonyl (C=O) groups is 1. The van der Waals surface area contributed by atoms with Crippen LogP contribution in [-0.4, -0.2) is 16.1 Å². The Bertz CT molecular complexity index is 533. The minimum atomic E-state index is -1.17. The summed E-state index contributed by atoms with van der Waals surface area (Å²) in [6.45, 7) is 0. The van der Waals surface area contributed by atoms with Crippen LogP contribution in [0.1, 0.15) is 9.67 Å². The molecule has 0 bridgehead atoms. The van der Waals surface area contributed by atoms with Gasteiger partial charge in [-0.15, -0.1) is 11.3 Å². The Morgan fingerprint density at radius 1 is 1.31 bits per heavy atom. The summed E-state index contributed by atoms with van der Waals surface area (Å²) in [5.74, 6) is -2.68. The quantitative estimate of drug-likeness (QED) is 0.879. The molecule has 0 atom stereocenters. The lowest BCUT2D eigenvalue weighted by Crippen LogP contribution is -1.89. The molecule has 1 heterocycles. The Labute approximate surface area is 93.0 Å². The van der Waals surface area contributed by atoms with E-state index in [2.05, 4.69) is 4.98 Å². The van der Waals surface area contributed by atoms with Crippen LogP contribution in [-0.2, 0) is 0 Å². The fourth-order valence-corrected chi connectivity index (χ4v) is 1.99. The molecule has 1 N–H and O–H groups in total. The van der Waals surface area contributed by atoms with Crippen molar-refractivity contribution in [3.8, 4) is 10.6 Å². The van der Waals surface area contributed by atoms with E-state index in [1.165, 1.54) is 6.07 Å². The second-order valence-corrected chi connectivity index (χ2v) is 3.96. The third-order valence-electron chi connectivity index (χ3n) is 1.89. The molecule has 1 aromatic heterocycles. The summed E-state index contributed by atoms with van der Waals surface area (Å²) in [5, 5.41) is 8.69. The molecule has 2 aromatic rings. The van der Waals surface area contributed by atoms with Gasteiger partial charge in [0.05, 0.1) is 11.8 Å². The maximum absolute atomic E-state index is 13.3. The minimum absolute atomic E-state index is 0.0213. The number of rotatable bonds is 2. The van der Waals surface area contributed by atoms with Crippen LogP contribution < -0.4 is 0 Å². The third kappa shape index (κ3) is 1.79. The number of benzene rings is 1. The van der Waals surface area contributed by atoms with Crippen LogP contribution in [0.3, 0.4) is 0 Å². The van der Waals surface area contributed by atoms with E-state index >= 15 is 0 Å². The molecule has 2 rings (SSSR count). The van der Waals surface area contributed by atoms with Gasteiger partial charge in [-0.2, -0.15) is 0 Å². The van der Waals surface area contributed by atoms with Crippen LogP contribution in [0.5, 0.6) is 0 Å². The van der Waals surface area contributed by atoms with Crippen LogP contribution >= 0.6 is 11.3 Å². The summed E-state index contributed by atoms with van der Waals surface area (Å²) in [6, 6.07) is 3.43. The van der Waals surface area contributed by atoms with E-state index in [1.54, 1.807) is 0 Å². The molecular formula is C10H5F2NO2S. The van der Waals surface area contributed by atoms with Gasteiger partial charge in [-0.1, -0.05) is 6.07 Å². The van der Waals surface area contributed by atoms with Crippen LogP contribution in [0.25, 0.3) is 10.6 Å². The topological polar surface area (TPSA) is 50.2 Å². The summed E-state index contributed by atoms with van der Waals surface area (Å²) < 4.78 is 26.7. The molecule has 0 aliphatic rings. The Hall–Kier alpha value is -1.82. The zero-order valence-electron chi connectivity index (χ0n) is 7.78. The van der Waals surface area contributed by atoms with E-state index in [4.69, 9.17) is 5.11 Å². The van der Waals surface area contributed by atoms with E-state index in [0.717, 1.165) is 29.7 Å². The smallest absolute Gasteiger partial charge is 0.347 e. The molecule has 0 fully saturated rings. The van der Waals surface area contributed by atoms with Gasteiger partial charge < -0.3 is 5.11 Å². The normalized spacial score (nSPS) is 10.4. The number of aromatic carboxylic acids is 1. The second-order valence-electron chi connectivity index (χ2n) is 2.93. The van der Waals surface area contributed by atoms with E-state index in [-0.39, 0.29) is 15.4 Å². The van der Waals surface area contributed by atoms with Gasteiger partial charge in [-0.25, -0.2) is 18.6 Å². The zero-order chi connectivity index (χ0) is 11.7. The Morgan fingerprint density at radius 2 is 1.94 bits per heavy atom. The van der Waals surface area contributed by atoms with Crippen molar-refractivity contribution in [1.82, 2.24) is 4.98 Å². The van der Waals surface area contributed by atoms with Gasteiger partial charge in [0.1, 0.15) is 21.5 Å². The molecule has 0 aliphatic heterocycles. The summed E-state index contributed by atoms with van der Waals surface area (Å²) >= 11 is 0.732. The molecule has 0 saturated heterocycles. The summed E-state index contributed by atoms with van der Waals surface area (Å²) in [4.78, 5) is 14.2. The molecule has 0 unspecified atom stereocenters.